The number of benzene rings is 1. The molecule has 16 heavy (non-hydrogen) atoms. The summed E-state index contributed by atoms with van der Waals surface area (Å²) in [5.41, 5.74) is 0.310. The minimum atomic E-state index is -0.375. The number of nitrogens with one attached hydrogen (secondary N) is 1. The second-order valence-corrected chi connectivity index (χ2v) is 2.98. The Kier molecular flexibility index (Phi) is 2.74. The lowest BCUT2D eigenvalue weighted by atomic mass is 10.3. The molecule has 0 aliphatic carbocycles. The van der Waals surface area contributed by atoms with Crippen LogP contribution in [0.5, 0.6) is 0 Å². The van der Waals surface area contributed by atoms with E-state index in [2.05, 4.69) is 15.3 Å². The van der Waals surface area contributed by atoms with Crippen molar-refractivity contribution in [3.63, 3.8) is 0 Å². The van der Waals surface area contributed by atoms with Crippen molar-refractivity contribution in [1.29, 1.82) is 5.26 Å². The molecule has 0 radical (unpaired) electrons. The van der Waals surface area contributed by atoms with Crippen molar-refractivity contribution in [3.05, 3.63) is 48.2 Å². The Balaban J connectivity index is 2.28. The SMILES string of the molecule is N#Cc1nccc(Nc2ccccc2F)n1. The van der Waals surface area contributed by atoms with Gasteiger partial charge in [-0.25, -0.2) is 14.4 Å². The molecule has 2 aromatic rings. The van der Waals surface area contributed by atoms with E-state index < -0.39 is 0 Å². The van der Waals surface area contributed by atoms with Gasteiger partial charge in [-0.15, -0.1) is 0 Å². The molecule has 0 aliphatic heterocycles. The lowest BCUT2D eigenvalue weighted by molar-refractivity contribution is 0.632. The van der Waals surface area contributed by atoms with Crippen LogP contribution < -0.4 is 5.32 Å². The minimum Gasteiger partial charge on any atom is -0.338 e. The van der Waals surface area contributed by atoms with Crippen molar-refractivity contribution in [2.75, 3.05) is 5.32 Å². The van der Waals surface area contributed by atoms with E-state index in [9.17, 15) is 4.39 Å². The molecule has 0 saturated heterocycles. The number of aromatic nitrogens is 2. The molecule has 0 bridgehead atoms. The van der Waals surface area contributed by atoms with E-state index in [1.165, 1.54) is 12.3 Å². The molecule has 2 rings (SSSR count). The van der Waals surface area contributed by atoms with Gasteiger partial charge in [-0.3, -0.25) is 0 Å². The van der Waals surface area contributed by atoms with Crippen molar-refractivity contribution in [2.45, 2.75) is 0 Å². The molecular formula is C11H7FN4. The van der Waals surface area contributed by atoms with Crippen molar-refractivity contribution in [2.24, 2.45) is 0 Å². The van der Waals surface area contributed by atoms with Gasteiger partial charge in [-0.05, 0) is 18.2 Å². The fourth-order valence-electron chi connectivity index (χ4n) is 1.18. The third-order valence-electron chi connectivity index (χ3n) is 1.89. The molecule has 0 spiro atoms. The summed E-state index contributed by atoms with van der Waals surface area (Å²) < 4.78 is 13.3. The molecule has 1 N–H and O–H groups in total. The molecule has 0 unspecified atom stereocenters. The summed E-state index contributed by atoms with van der Waals surface area (Å²) in [6.07, 6.45) is 1.44. The topological polar surface area (TPSA) is 61.6 Å². The van der Waals surface area contributed by atoms with Gasteiger partial charge in [0.05, 0.1) is 5.69 Å². The number of rotatable bonds is 2. The highest BCUT2D eigenvalue weighted by Gasteiger charge is 2.02. The number of halogens is 1. The summed E-state index contributed by atoms with van der Waals surface area (Å²) >= 11 is 0. The third kappa shape index (κ3) is 2.12. The van der Waals surface area contributed by atoms with Gasteiger partial charge in [0.25, 0.3) is 0 Å². The average molecular weight is 214 g/mol. The van der Waals surface area contributed by atoms with Crippen molar-refractivity contribution in [3.8, 4) is 6.07 Å². The van der Waals surface area contributed by atoms with Crippen LogP contribution in [0, 0.1) is 17.1 Å². The number of nitrogens with zero attached hydrogens (tertiary/aromatic N) is 3. The number of anilines is 2. The first-order valence-electron chi connectivity index (χ1n) is 4.54. The van der Waals surface area contributed by atoms with E-state index in [1.807, 2.05) is 6.07 Å². The van der Waals surface area contributed by atoms with E-state index >= 15 is 0 Å². The van der Waals surface area contributed by atoms with Crippen molar-refractivity contribution >= 4 is 11.5 Å². The van der Waals surface area contributed by atoms with Gasteiger partial charge in [0.2, 0.25) is 5.82 Å². The summed E-state index contributed by atoms with van der Waals surface area (Å²) in [4.78, 5) is 7.59. The Bertz CT molecular complexity index is 548. The summed E-state index contributed by atoms with van der Waals surface area (Å²) in [7, 11) is 0. The van der Waals surface area contributed by atoms with Gasteiger partial charge < -0.3 is 5.32 Å². The highest BCUT2D eigenvalue weighted by atomic mass is 19.1. The normalized spacial score (nSPS) is 9.50. The van der Waals surface area contributed by atoms with Crippen LogP contribution in [-0.2, 0) is 0 Å². The fraction of sp³-hybridized carbons (Fsp3) is 0. The minimum absolute atomic E-state index is 0.0429. The molecule has 0 fully saturated rings. The molecule has 1 heterocycles. The Morgan fingerprint density at radius 1 is 1.25 bits per heavy atom. The van der Waals surface area contributed by atoms with Gasteiger partial charge in [-0.2, -0.15) is 5.26 Å². The van der Waals surface area contributed by atoms with Crippen molar-refractivity contribution in [1.82, 2.24) is 9.97 Å². The van der Waals surface area contributed by atoms with Crippen LogP contribution in [0.4, 0.5) is 15.9 Å². The first-order valence-corrected chi connectivity index (χ1v) is 4.54. The summed E-state index contributed by atoms with van der Waals surface area (Å²) in [6, 6.07) is 9.61. The molecule has 0 atom stereocenters. The van der Waals surface area contributed by atoms with Crippen molar-refractivity contribution < 1.29 is 4.39 Å². The number of nitriles is 1. The zero-order valence-electron chi connectivity index (χ0n) is 8.18. The smallest absolute Gasteiger partial charge is 0.234 e. The number of para-hydroxylation sites is 1. The maximum absolute atomic E-state index is 13.3. The largest absolute Gasteiger partial charge is 0.338 e. The molecule has 4 nitrogen and oxygen atoms in total. The van der Waals surface area contributed by atoms with E-state index in [1.54, 1.807) is 24.3 Å². The second kappa shape index (κ2) is 4.36. The second-order valence-electron chi connectivity index (χ2n) is 2.98. The Labute approximate surface area is 91.4 Å². The highest BCUT2D eigenvalue weighted by Crippen LogP contribution is 2.17. The first-order chi connectivity index (χ1) is 7.79. The zero-order chi connectivity index (χ0) is 11.4. The monoisotopic (exact) mass is 214 g/mol. The van der Waals surface area contributed by atoms with Crippen LogP contribution in [0.25, 0.3) is 0 Å². The molecule has 0 amide bonds. The molecule has 78 valence electrons. The first kappa shape index (κ1) is 10.1. The van der Waals surface area contributed by atoms with Crippen LogP contribution >= 0.6 is 0 Å². The average Bonchev–Trinajstić information content (AvgIpc) is 2.32. The number of hydrogen-bond donors (Lipinski definition) is 1. The molecule has 1 aromatic carbocycles. The predicted octanol–water partition coefficient (Wildman–Crippen LogP) is 2.23. The summed E-state index contributed by atoms with van der Waals surface area (Å²) in [5.74, 6) is 0.0533. The Morgan fingerprint density at radius 3 is 2.81 bits per heavy atom. The van der Waals surface area contributed by atoms with E-state index in [4.69, 9.17) is 5.26 Å². The van der Waals surface area contributed by atoms with Crippen LogP contribution in [0.1, 0.15) is 5.82 Å². The molecular weight excluding hydrogens is 207 g/mol. The molecule has 5 heteroatoms. The van der Waals surface area contributed by atoms with E-state index in [0.29, 0.717) is 11.5 Å². The van der Waals surface area contributed by atoms with Crippen LogP contribution in [0.3, 0.4) is 0 Å². The Morgan fingerprint density at radius 2 is 2.06 bits per heavy atom. The Hall–Kier alpha value is -2.48. The van der Waals surface area contributed by atoms with Gasteiger partial charge in [0, 0.05) is 6.20 Å². The van der Waals surface area contributed by atoms with E-state index in [-0.39, 0.29) is 11.6 Å². The molecule has 0 saturated carbocycles. The lowest BCUT2D eigenvalue weighted by Crippen LogP contribution is -1.98. The molecule has 0 aliphatic rings. The van der Waals surface area contributed by atoms with Crippen LogP contribution in [0.15, 0.2) is 36.5 Å². The van der Waals surface area contributed by atoms with Crippen LogP contribution in [-0.4, -0.2) is 9.97 Å². The van der Waals surface area contributed by atoms with Gasteiger partial charge in [-0.1, -0.05) is 12.1 Å². The van der Waals surface area contributed by atoms with Gasteiger partial charge in [0.1, 0.15) is 17.7 Å². The standard InChI is InChI=1S/C11H7FN4/c12-8-3-1-2-4-9(8)15-10-5-6-14-11(7-13)16-10/h1-6H,(H,14,15,16). The highest BCUT2D eigenvalue weighted by molar-refractivity contribution is 5.56. The van der Waals surface area contributed by atoms with Crippen LogP contribution in [0.2, 0.25) is 0 Å². The zero-order valence-corrected chi connectivity index (χ0v) is 8.18. The number of hydrogen-bond acceptors (Lipinski definition) is 4. The predicted molar refractivity (Wildman–Crippen MR) is 56.4 cm³/mol. The summed E-state index contributed by atoms with van der Waals surface area (Å²) in [6.45, 7) is 0. The lowest BCUT2D eigenvalue weighted by Gasteiger charge is -2.05. The quantitative estimate of drug-likeness (QED) is 0.832. The van der Waals surface area contributed by atoms with Gasteiger partial charge >= 0.3 is 0 Å². The summed E-state index contributed by atoms with van der Waals surface area (Å²) in [5, 5.41) is 11.4. The third-order valence-corrected chi connectivity index (χ3v) is 1.89. The van der Waals surface area contributed by atoms with Gasteiger partial charge in [0.15, 0.2) is 0 Å². The fourth-order valence-corrected chi connectivity index (χ4v) is 1.18. The van der Waals surface area contributed by atoms with E-state index in [0.717, 1.165) is 0 Å². The maximum Gasteiger partial charge on any atom is 0.234 e. The molecule has 1 aromatic heterocycles. The maximum atomic E-state index is 13.3.